The van der Waals surface area contributed by atoms with Gasteiger partial charge in [0.15, 0.2) is 0 Å². The van der Waals surface area contributed by atoms with E-state index in [9.17, 15) is 9.90 Å². The smallest absolute Gasteiger partial charge is 0.256 e. The van der Waals surface area contributed by atoms with Crippen molar-refractivity contribution in [2.45, 2.75) is 38.6 Å². The maximum Gasteiger partial charge on any atom is 0.256 e. The lowest BCUT2D eigenvalue weighted by atomic mass is 10.1. The SMILES string of the molecule is Cc1ccc(NN)c(C(=O)N2CCCCCC2CO)c1. The number of rotatable bonds is 3. The highest BCUT2D eigenvalue weighted by atomic mass is 16.3. The van der Waals surface area contributed by atoms with Gasteiger partial charge in [-0.25, -0.2) is 0 Å². The summed E-state index contributed by atoms with van der Waals surface area (Å²) in [5, 5.41) is 9.53. The van der Waals surface area contributed by atoms with Crippen LogP contribution in [0.25, 0.3) is 0 Å². The molecule has 0 spiro atoms. The third kappa shape index (κ3) is 3.11. The molecular weight excluding hydrogens is 254 g/mol. The molecule has 1 amide bonds. The average Bonchev–Trinajstić information content (AvgIpc) is 2.71. The average molecular weight is 277 g/mol. The summed E-state index contributed by atoms with van der Waals surface area (Å²) < 4.78 is 0. The second-order valence-corrected chi connectivity index (χ2v) is 5.38. The Balaban J connectivity index is 2.30. The van der Waals surface area contributed by atoms with Crippen LogP contribution in [0.3, 0.4) is 0 Å². The van der Waals surface area contributed by atoms with Crippen LogP contribution in [0, 0.1) is 6.92 Å². The van der Waals surface area contributed by atoms with Crippen LogP contribution in [-0.4, -0.2) is 35.1 Å². The summed E-state index contributed by atoms with van der Waals surface area (Å²) in [7, 11) is 0. The molecule has 1 unspecified atom stereocenters. The molecule has 0 aromatic heterocycles. The molecule has 20 heavy (non-hydrogen) atoms. The summed E-state index contributed by atoms with van der Waals surface area (Å²) in [5.41, 5.74) is 4.80. The van der Waals surface area contributed by atoms with E-state index < -0.39 is 0 Å². The number of hydrogen-bond donors (Lipinski definition) is 3. The maximum atomic E-state index is 12.8. The number of carbonyl (C=O) groups excluding carboxylic acids is 1. The third-order valence-corrected chi connectivity index (χ3v) is 3.91. The van der Waals surface area contributed by atoms with E-state index in [0.29, 0.717) is 17.8 Å². The van der Waals surface area contributed by atoms with Gasteiger partial charge in [0.1, 0.15) is 0 Å². The molecule has 1 aliphatic rings. The number of likely N-dealkylation sites (tertiary alicyclic amines) is 1. The topological polar surface area (TPSA) is 78.6 Å². The number of anilines is 1. The molecule has 0 bridgehead atoms. The number of nitrogens with zero attached hydrogens (tertiary/aromatic N) is 1. The van der Waals surface area contributed by atoms with E-state index in [1.54, 1.807) is 4.90 Å². The summed E-state index contributed by atoms with van der Waals surface area (Å²) in [6, 6.07) is 5.49. The van der Waals surface area contributed by atoms with Crippen LogP contribution in [-0.2, 0) is 0 Å². The Morgan fingerprint density at radius 2 is 2.25 bits per heavy atom. The van der Waals surface area contributed by atoms with E-state index in [-0.39, 0.29) is 18.6 Å². The molecule has 2 rings (SSSR count). The van der Waals surface area contributed by atoms with Gasteiger partial charge >= 0.3 is 0 Å². The lowest BCUT2D eigenvalue weighted by Crippen LogP contribution is -2.42. The highest BCUT2D eigenvalue weighted by Gasteiger charge is 2.27. The second-order valence-electron chi connectivity index (χ2n) is 5.38. The number of aliphatic hydroxyl groups is 1. The zero-order valence-electron chi connectivity index (χ0n) is 11.9. The van der Waals surface area contributed by atoms with Gasteiger partial charge in [-0.15, -0.1) is 0 Å². The number of carbonyl (C=O) groups is 1. The number of aryl methyl sites for hydroxylation is 1. The molecule has 1 aromatic carbocycles. The van der Waals surface area contributed by atoms with Gasteiger partial charge in [0.25, 0.3) is 5.91 Å². The Hall–Kier alpha value is -1.59. The van der Waals surface area contributed by atoms with Gasteiger partial charge in [0, 0.05) is 6.54 Å². The molecular formula is C15H23N3O2. The molecule has 5 heteroatoms. The minimum Gasteiger partial charge on any atom is -0.394 e. The van der Waals surface area contributed by atoms with Crippen molar-refractivity contribution in [2.75, 3.05) is 18.6 Å². The first-order valence-corrected chi connectivity index (χ1v) is 7.16. The quantitative estimate of drug-likeness (QED) is 0.580. The molecule has 1 heterocycles. The van der Waals surface area contributed by atoms with Gasteiger partial charge in [0.05, 0.1) is 23.9 Å². The number of nitrogens with two attached hydrogens (primary N) is 1. The summed E-state index contributed by atoms with van der Waals surface area (Å²) in [4.78, 5) is 14.6. The Labute approximate surface area is 119 Å². The van der Waals surface area contributed by atoms with Crippen molar-refractivity contribution in [1.82, 2.24) is 4.90 Å². The van der Waals surface area contributed by atoms with E-state index >= 15 is 0 Å². The predicted octanol–water partition coefficient (Wildman–Crippen LogP) is 1.66. The van der Waals surface area contributed by atoms with Crippen molar-refractivity contribution in [1.29, 1.82) is 0 Å². The first-order valence-electron chi connectivity index (χ1n) is 7.16. The van der Waals surface area contributed by atoms with E-state index in [4.69, 9.17) is 5.84 Å². The largest absolute Gasteiger partial charge is 0.394 e. The number of benzene rings is 1. The summed E-state index contributed by atoms with van der Waals surface area (Å²) in [5.74, 6) is 5.44. The zero-order valence-corrected chi connectivity index (χ0v) is 11.9. The molecule has 110 valence electrons. The molecule has 0 aliphatic carbocycles. The predicted molar refractivity (Wildman–Crippen MR) is 79.4 cm³/mol. The van der Waals surface area contributed by atoms with Crippen molar-refractivity contribution in [3.05, 3.63) is 29.3 Å². The van der Waals surface area contributed by atoms with Crippen molar-refractivity contribution in [3.63, 3.8) is 0 Å². The molecule has 0 radical (unpaired) electrons. The normalized spacial score (nSPS) is 19.6. The fraction of sp³-hybridized carbons (Fsp3) is 0.533. The zero-order chi connectivity index (χ0) is 14.5. The molecule has 5 nitrogen and oxygen atoms in total. The van der Waals surface area contributed by atoms with Gasteiger partial charge in [-0.3, -0.25) is 10.6 Å². The Kier molecular flexibility index (Phi) is 4.98. The Morgan fingerprint density at radius 3 is 2.95 bits per heavy atom. The number of nitrogen functional groups attached to an aromatic ring is 1. The van der Waals surface area contributed by atoms with Crippen molar-refractivity contribution < 1.29 is 9.90 Å². The molecule has 1 atom stereocenters. The van der Waals surface area contributed by atoms with Crippen molar-refractivity contribution in [3.8, 4) is 0 Å². The second kappa shape index (κ2) is 6.72. The van der Waals surface area contributed by atoms with Crippen LogP contribution in [0.15, 0.2) is 18.2 Å². The lowest BCUT2D eigenvalue weighted by Gasteiger charge is -2.29. The van der Waals surface area contributed by atoms with Crippen LogP contribution in [0.4, 0.5) is 5.69 Å². The molecule has 4 N–H and O–H groups in total. The van der Waals surface area contributed by atoms with Crippen LogP contribution in [0.2, 0.25) is 0 Å². The first-order chi connectivity index (χ1) is 9.67. The number of hydrogen-bond acceptors (Lipinski definition) is 4. The fourth-order valence-corrected chi connectivity index (χ4v) is 2.75. The highest BCUT2D eigenvalue weighted by molar-refractivity contribution is 6.00. The monoisotopic (exact) mass is 277 g/mol. The molecule has 0 saturated carbocycles. The number of amides is 1. The van der Waals surface area contributed by atoms with Crippen molar-refractivity contribution in [2.24, 2.45) is 5.84 Å². The lowest BCUT2D eigenvalue weighted by molar-refractivity contribution is 0.0600. The maximum absolute atomic E-state index is 12.8. The summed E-state index contributed by atoms with van der Waals surface area (Å²) >= 11 is 0. The van der Waals surface area contributed by atoms with E-state index in [2.05, 4.69) is 5.43 Å². The first kappa shape index (κ1) is 14.8. The number of hydrazine groups is 1. The van der Waals surface area contributed by atoms with E-state index in [1.165, 1.54) is 0 Å². The van der Waals surface area contributed by atoms with Gasteiger partial charge in [-0.1, -0.05) is 24.5 Å². The van der Waals surface area contributed by atoms with Crippen LogP contribution >= 0.6 is 0 Å². The van der Waals surface area contributed by atoms with E-state index in [1.807, 2.05) is 25.1 Å². The fourth-order valence-electron chi connectivity index (χ4n) is 2.75. The summed E-state index contributed by atoms with van der Waals surface area (Å²) in [6.07, 6.45) is 4.01. The van der Waals surface area contributed by atoms with Gasteiger partial charge in [-0.05, 0) is 31.9 Å². The van der Waals surface area contributed by atoms with Crippen molar-refractivity contribution >= 4 is 11.6 Å². The minimum absolute atomic E-state index is 0.0168. The minimum atomic E-state index is -0.0869. The molecule has 1 saturated heterocycles. The highest BCUT2D eigenvalue weighted by Crippen LogP contribution is 2.23. The molecule has 1 fully saturated rings. The summed E-state index contributed by atoms with van der Waals surface area (Å²) in [6.45, 7) is 2.66. The van der Waals surface area contributed by atoms with Gasteiger partial charge in [0.2, 0.25) is 0 Å². The molecule has 1 aromatic rings. The van der Waals surface area contributed by atoms with E-state index in [0.717, 1.165) is 31.2 Å². The Morgan fingerprint density at radius 1 is 1.45 bits per heavy atom. The van der Waals surface area contributed by atoms with Crippen LogP contribution in [0.1, 0.15) is 41.6 Å². The van der Waals surface area contributed by atoms with Gasteiger partial charge in [-0.2, -0.15) is 0 Å². The molecule has 1 aliphatic heterocycles. The van der Waals surface area contributed by atoms with Gasteiger partial charge < -0.3 is 15.4 Å². The van der Waals surface area contributed by atoms with Crippen LogP contribution in [0.5, 0.6) is 0 Å². The number of nitrogens with one attached hydrogen (secondary N) is 1. The third-order valence-electron chi connectivity index (χ3n) is 3.91. The number of aliphatic hydroxyl groups excluding tert-OH is 1. The Bertz CT molecular complexity index is 476. The standard InChI is InChI=1S/C15H23N3O2/c1-11-6-7-14(17-16)13(9-11)15(20)18-8-4-2-3-5-12(18)10-19/h6-7,9,12,17,19H,2-5,8,10,16H2,1H3. The van der Waals surface area contributed by atoms with Crippen LogP contribution < -0.4 is 11.3 Å².